The maximum atomic E-state index is 13.7. The fourth-order valence-corrected chi connectivity index (χ4v) is 6.25. The predicted octanol–water partition coefficient (Wildman–Crippen LogP) is 5.55. The molecule has 1 unspecified atom stereocenters. The Morgan fingerprint density at radius 3 is 2.44 bits per heavy atom. The van der Waals surface area contributed by atoms with E-state index in [0.717, 1.165) is 47.5 Å². The van der Waals surface area contributed by atoms with Crippen molar-refractivity contribution >= 4 is 72.2 Å². The summed E-state index contributed by atoms with van der Waals surface area (Å²) in [5, 5.41) is 15.9. The Labute approximate surface area is 279 Å². The standard InChI is InChI=1S/C32H42N4O4S.2BrH/c1-4-35(5-2)27(22-40-21-17-24-12-9-11-23-10-7-8-13-26(23)24)31(38)36(6-3)20-19-33-18-16-25-14-15-28(37)29-30(25)41-32(39)34-29;;/h7-15,27,33,37H,4-6,16-22H2,1-3H3,(H,34,39);2*1H. The first kappa shape index (κ1) is 36.9. The Bertz CT molecular complexity index is 1490. The zero-order valence-electron chi connectivity index (χ0n) is 25.1. The number of H-pyrrole nitrogens is 1. The van der Waals surface area contributed by atoms with E-state index in [1.807, 2.05) is 17.9 Å². The molecule has 0 aliphatic carbocycles. The Kier molecular flexibility index (Phi) is 15.9. The van der Waals surface area contributed by atoms with Crippen LogP contribution in [-0.4, -0.2) is 84.3 Å². The fourth-order valence-electron chi connectivity index (χ4n) is 5.35. The number of hydrogen-bond acceptors (Lipinski definition) is 7. The van der Waals surface area contributed by atoms with Crippen molar-refractivity contribution in [3.63, 3.8) is 0 Å². The van der Waals surface area contributed by atoms with Crippen LogP contribution in [0.4, 0.5) is 0 Å². The maximum absolute atomic E-state index is 13.7. The summed E-state index contributed by atoms with van der Waals surface area (Å²) in [4.78, 5) is 32.0. The zero-order valence-corrected chi connectivity index (χ0v) is 29.4. The number of phenolic OH excluding ortho intramolecular Hbond substituents is 1. The van der Waals surface area contributed by atoms with Gasteiger partial charge in [-0.05, 0) is 67.4 Å². The average molecular weight is 741 g/mol. The van der Waals surface area contributed by atoms with Gasteiger partial charge in [-0.3, -0.25) is 14.5 Å². The third-order valence-electron chi connectivity index (χ3n) is 7.67. The van der Waals surface area contributed by atoms with Gasteiger partial charge in [-0.1, -0.05) is 73.7 Å². The van der Waals surface area contributed by atoms with E-state index in [1.165, 1.54) is 16.3 Å². The first-order valence-electron chi connectivity index (χ1n) is 14.6. The summed E-state index contributed by atoms with van der Waals surface area (Å²) in [6, 6.07) is 17.9. The van der Waals surface area contributed by atoms with Crippen molar-refractivity contribution in [3.8, 4) is 5.75 Å². The maximum Gasteiger partial charge on any atom is 0.305 e. The normalized spacial score (nSPS) is 11.8. The number of aromatic nitrogens is 1. The first-order chi connectivity index (χ1) is 20.0. The molecule has 0 saturated carbocycles. The number of thiazole rings is 1. The first-order valence-corrected chi connectivity index (χ1v) is 15.4. The van der Waals surface area contributed by atoms with Crippen LogP contribution in [0.15, 0.2) is 59.4 Å². The third kappa shape index (κ3) is 9.60. The molecular weight excluding hydrogens is 696 g/mol. The summed E-state index contributed by atoms with van der Waals surface area (Å²) in [5.74, 6) is 0.188. The minimum absolute atomic E-state index is 0. The Morgan fingerprint density at radius 1 is 0.953 bits per heavy atom. The van der Waals surface area contributed by atoms with Crippen molar-refractivity contribution in [2.24, 2.45) is 0 Å². The average Bonchev–Trinajstić information content (AvgIpc) is 3.40. The number of hydrogen-bond donors (Lipinski definition) is 3. The van der Waals surface area contributed by atoms with E-state index in [9.17, 15) is 14.7 Å². The highest BCUT2D eigenvalue weighted by Gasteiger charge is 2.28. The molecule has 1 heterocycles. The molecular formula is C32H44Br2N4O4S. The number of halogens is 2. The number of fused-ring (bicyclic) bond motifs is 2. The van der Waals surface area contributed by atoms with Gasteiger partial charge < -0.3 is 25.0 Å². The molecule has 1 amide bonds. The minimum atomic E-state index is -0.320. The third-order valence-corrected chi connectivity index (χ3v) is 8.63. The summed E-state index contributed by atoms with van der Waals surface area (Å²) in [5.41, 5.74) is 2.77. The molecule has 1 aromatic heterocycles. The molecule has 4 rings (SSSR count). The highest BCUT2D eigenvalue weighted by molar-refractivity contribution is 8.93. The van der Waals surface area contributed by atoms with Crippen molar-refractivity contribution in [3.05, 3.63) is 75.4 Å². The Balaban J connectivity index is 0.00000323. The van der Waals surface area contributed by atoms with Gasteiger partial charge in [-0.2, -0.15) is 0 Å². The van der Waals surface area contributed by atoms with Gasteiger partial charge in [-0.25, -0.2) is 0 Å². The number of likely N-dealkylation sites (N-methyl/N-ethyl adjacent to an activating group) is 2. The number of ether oxygens (including phenoxy) is 1. The number of nitrogens with zero attached hydrogens (tertiary/aromatic N) is 2. The lowest BCUT2D eigenvalue weighted by atomic mass is 10.0. The van der Waals surface area contributed by atoms with Crippen LogP contribution in [0.1, 0.15) is 31.9 Å². The van der Waals surface area contributed by atoms with Gasteiger partial charge in [-0.15, -0.1) is 34.0 Å². The Morgan fingerprint density at radius 2 is 1.70 bits per heavy atom. The van der Waals surface area contributed by atoms with Gasteiger partial charge in [0.2, 0.25) is 5.91 Å². The lowest BCUT2D eigenvalue weighted by Crippen LogP contribution is -2.52. The number of aromatic amines is 1. The van der Waals surface area contributed by atoms with E-state index in [-0.39, 0.29) is 56.5 Å². The lowest BCUT2D eigenvalue weighted by molar-refractivity contribution is -0.139. The van der Waals surface area contributed by atoms with Crippen LogP contribution in [0.25, 0.3) is 21.0 Å². The second kappa shape index (κ2) is 18.5. The summed E-state index contributed by atoms with van der Waals surface area (Å²) in [6.45, 7) is 11.3. The van der Waals surface area contributed by atoms with E-state index in [1.54, 1.807) is 6.07 Å². The number of amides is 1. The van der Waals surface area contributed by atoms with E-state index in [4.69, 9.17) is 4.74 Å². The van der Waals surface area contributed by atoms with E-state index < -0.39 is 0 Å². The summed E-state index contributed by atoms with van der Waals surface area (Å²) < 4.78 is 6.94. The second-order valence-electron chi connectivity index (χ2n) is 10.1. The fraction of sp³-hybridized carbons (Fsp3) is 0.438. The second-order valence-corrected chi connectivity index (χ2v) is 11.1. The van der Waals surface area contributed by atoms with Gasteiger partial charge in [0.15, 0.2) is 0 Å². The highest BCUT2D eigenvalue weighted by atomic mass is 79.9. The minimum Gasteiger partial charge on any atom is -0.506 e. The molecule has 0 bridgehead atoms. The van der Waals surface area contributed by atoms with E-state index in [2.05, 4.69) is 71.5 Å². The molecule has 0 aliphatic heterocycles. The monoisotopic (exact) mass is 738 g/mol. The topological polar surface area (TPSA) is 97.9 Å². The summed E-state index contributed by atoms with van der Waals surface area (Å²) >= 11 is 1.12. The van der Waals surface area contributed by atoms with Gasteiger partial charge >= 0.3 is 4.87 Å². The number of rotatable bonds is 16. The van der Waals surface area contributed by atoms with Crippen LogP contribution in [0.5, 0.6) is 5.75 Å². The number of aromatic hydroxyl groups is 1. The molecule has 236 valence electrons. The largest absolute Gasteiger partial charge is 0.506 e. The van der Waals surface area contributed by atoms with Crippen LogP contribution in [0.2, 0.25) is 0 Å². The Hall–Kier alpha value is -2.28. The molecule has 0 spiro atoms. The number of benzene rings is 3. The predicted molar refractivity (Wildman–Crippen MR) is 189 cm³/mol. The molecule has 3 N–H and O–H groups in total. The summed E-state index contributed by atoms with van der Waals surface area (Å²) in [7, 11) is 0. The van der Waals surface area contributed by atoms with Crippen LogP contribution in [0.3, 0.4) is 0 Å². The molecule has 11 heteroatoms. The molecule has 8 nitrogen and oxygen atoms in total. The highest BCUT2D eigenvalue weighted by Crippen LogP contribution is 2.27. The number of carbonyl (C=O) groups is 1. The number of phenols is 1. The van der Waals surface area contributed by atoms with Gasteiger partial charge in [0.05, 0.1) is 17.9 Å². The van der Waals surface area contributed by atoms with Crippen LogP contribution in [0, 0.1) is 0 Å². The van der Waals surface area contributed by atoms with Gasteiger partial charge in [0.1, 0.15) is 17.3 Å². The van der Waals surface area contributed by atoms with Gasteiger partial charge in [0, 0.05) is 19.6 Å². The molecule has 0 radical (unpaired) electrons. The molecule has 0 aliphatic rings. The smallest absolute Gasteiger partial charge is 0.305 e. The van der Waals surface area contributed by atoms with Crippen LogP contribution < -0.4 is 10.2 Å². The van der Waals surface area contributed by atoms with Crippen molar-refractivity contribution in [2.45, 2.75) is 39.7 Å². The quantitative estimate of drug-likeness (QED) is 0.130. The zero-order chi connectivity index (χ0) is 29.2. The molecule has 0 fully saturated rings. The number of nitrogens with one attached hydrogen (secondary N) is 2. The van der Waals surface area contributed by atoms with Crippen molar-refractivity contribution in [2.75, 3.05) is 52.5 Å². The van der Waals surface area contributed by atoms with Gasteiger partial charge in [0.25, 0.3) is 0 Å². The van der Waals surface area contributed by atoms with E-state index in [0.29, 0.717) is 44.9 Å². The van der Waals surface area contributed by atoms with Crippen molar-refractivity contribution in [1.29, 1.82) is 0 Å². The van der Waals surface area contributed by atoms with E-state index >= 15 is 0 Å². The summed E-state index contributed by atoms with van der Waals surface area (Å²) in [6.07, 6.45) is 1.52. The van der Waals surface area contributed by atoms with Crippen LogP contribution in [-0.2, 0) is 22.4 Å². The molecule has 43 heavy (non-hydrogen) atoms. The SMILES string of the molecule is Br.Br.CCN(CCNCCc1ccc(O)c2[nH]c(=O)sc12)C(=O)C(COCCc1cccc2ccccc12)N(CC)CC. The number of carbonyl (C=O) groups excluding carboxylic acids is 1. The van der Waals surface area contributed by atoms with Crippen LogP contribution >= 0.6 is 45.3 Å². The molecule has 1 atom stereocenters. The molecule has 4 aromatic rings. The van der Waals surface area contributed by atoms with Crippen molar-refractivity contribution < 1.29 is 14.6 Å². The molecule has 0 saturated heterocycles. The molecule has 3 aromatic carbocycles. The van der Waals surface area contributed by atoms with Crippen molar-refractivity contribution in [1.82, 2.24) is 20.1 Å². The lowest BCUT2D eigenvalue weighted by Gasteiger charge is -2.33.